The normalized spacial score (nSPS) is 32.2. The van der Waals surface area contributed by atoms with Gasteiger partial charge >= 0.3 is 0 Å². The third kappa shape index (κ3) is 2.45. The molecule has 5 heterocycles. The Morgan fingerprint density at radius 3 is 2.62 bits per heavy atom. The van der Waals surface area contributed by atoms with E-state index >= 15 is 0 Å². The molecule has 4 nitrogen and oxygen atoms in total. The maximum atomic E-state index is 6.34. The van der Waals surface area contributed by atoms with Gasteiger partial charge in [0.1, 0.15) is 6.10 Å². The number of nitrogens with zero attached hydrogens (tertiary/aromatic N) is 3. The standard InChI is InChI=1S/C21H21N3OS/c1-3-19-15(5-6-26-19)9-14(1)18-2-4-20(23-22-18)25-21-16-7-13-8-17(21)12-24(10-13)11-16/h1-6,9,13,16-17,21H,7-8,10-12H2. The molecule has 1 aromatic carbocycles. The number of hydrogen-bond acceptors (Lipinski definition) is 5. The van der Waals surface area contributed by atoms with Crippen LogP contribution in [-0.2, 0) is 0 Å². The largest absolute Gasteiger partial charge is 0.473 e. The topological polar surface area (TPSA) is 38.2 Å². The molecule has 132 valence electrons. The lowest BCUT2D eigenvalue weighted by Crippen LogP contribution is -2.61. The highest BCUT2D eigenvalue weighted by Gasteiger charge is 2.48. The van der Waals surface area contributed by atoms with Gasteiger partial charge in [-0.1, -0.05) is 6.07 Å². The Morgan fingerprint density at radius 2 is 1.85 bits per heavy atom. The van der Waals surface area contributed by atoms with E-state index in [0.717, 1.165) is 17.2 Å². The van der Waals surface area contributed by atoms with Gasteiger partial charge in [0, 0.05) is 47.8 Å². The average molecular weight is 363 g/mol. The van der Waals surface area contributed by atoms with Crippen molar-refractivity contribution in [1.29, 1.82) is 0 Å². The van der Waals surface area contributed by atoms with Crippen LogP contribution in [0.3, 0.4) is 0 Å². The Morgan fingerprint density at radius 1 is 0.962 bits per heavy atom. The first kappa shape index (κ1) is 15.1. The molecule has 5 heteroatoms. The van der Waals surface area contributed by atoms with Crippen molar-refractivity contribution < 1.29 is 4.74 Å². The van der Waals surface area contributed by atoms with Crippen LogP contribution in [0.2, 0.25) is 0 Å². The Balaban J connectivity index is 1.23. The quantitative estimate of drug-likeness (QED) is 0.703. The molecule has 4 aliphatic rings. The van der Waals surface area contributed by atoms with Gasteiger partial charge in [0.25, 0.3) is 0 Å². The van der Waals surface area contributed by atoms with Gasteiger partial charge in [-0.15, -0.1) is 21.5 Å². The summed E-state index contributed by atoms with van der Waals surface area (Å²) in [5.41, 5.74) is 2.01. The van der Waals surface area contributed by atoms with Crippen molar-refractivity contribution in [2.75, 3.05) is 19.6 Å². The summed E-state index contributed by atoms with van der Waals surface area (Å²) in [6, 6.07) is 12.6. The number of ether oxygens (including phenoxy) is 1. The van der Waals surface area contributed by atoms with E-state index in [1.165, 1.54) is 42.6 Å². The molecule has 4 bridgehead atoms. The zero-order valence-electron chi connectivity index (χ0n) is 14.5. The van der Waals surface area contributed by atoms with Crippen LogP contribution < -0.4 is 4.74 Å². The van der Waals surface area contributed by atoms with Crippen LogP contribution in [-0.4, -0.2) is 40.8 Å². The number of benzene rings is 1. The molecule has 0 N–H and O–H groups in total. The Labute approximate surface area is 156 Å². The summed E-state index contributed by atoms with van der Waals surface area (Å²) < 4.78 is 7.65. The number of hydrogen-bond donors (Lipinski definition) is 0. The molecule has 26 heavy (non-hydrogen) atoms. The summed E-state index contributed by atoms with van der Waals surface area (Å²) in [5, 5.41) is 12.2. The van der Waals surface area contributed by atoms with Crippen LogP contribution in [0.25, 0.3) is 21.3 Å². The SMILES string of the molecule is c1cc2cc(-c3ccc(OC4C5CC6CC4CN(C6)C5)nn3)ccc2s1. The molecule has 3 aliphatic heterocycles. The van der Waals surface area contributed by atoms with Crippen molar-refractivity contribution in [3.63, 3.8) is 0 Å². The van der Waals surface area contributed by atoms with Crippen LogP contribution in [0, 0.1) is 17.8 Å². The highest BCUT2D eigenvalue weighted by molar-refractivity contribution is 7.17. The van der Waals surface area contributed by atoms with Gasteiger partial charge in [-0.25, -0.2) is 0 Å². The van der Waals surface area contributed by atoms with Crippen LogP contribution >= 0.6 is 11.3 Å². The van der Waals surface area contributed by atoms with Gasteiger partial charge in [0.2, 0.25) is 5.88 Å². The second-order valence-electron chi connectivity index (χ2n) is 8.09. The molecule has 1 saturated carbocycles. The summed E-state index contributed by atoms with van der Waals surface area (Å²) in [5.74, 6) is 2.91. The van der Waals surface area contributed by atoms with E-state index in [9.17, 15) is 0 Å². The molecule has 7 rings (SSSR count). The smallest absolute Gasteiger partial charge is 0.233 e. The lowest BCUT2D eigenvalue weighted by atomic mass is 9.66. The molecule has 2 atom stereocenters. The lowest BCUT2D eigenvalue weighted by Gasteiger charge is -2.55. The van der Waals surface area contributed by atoms with E-state index in [-0.39, 0.29) is 0 Å². The zero-order chi connectivity index (χ0) is 17.1. The van der Waals surface area contributed by atoms with Crippen molar-refractivity contribution in [2.45, 2.75) is 18.9 Å². The van der Waals surface area contributed by atoms with E-state index in [1.807, 2.05) is 12.1 Å². The summed E-state index contributed by atoms with van der Waals surface area (Å²) in [6.45, 7) is 3.70. The Hall–Kier alpha value is -1.98. The monoisotopic (exact) mass is 363 g/mol. The van der Waals surface area contributed by atoms with E-state index in [2.05, 4.69) is 44.7 Å². The number of piperidine rings is 3. The van der Waals surface area contributed by atoms with E-state index in [4.69, 9.17) is 4.74 Å². The van der Waals surface area contributed by atoms with Gasteiger partial charge in [-0.2, -0.15) is 0 Å². The maximum absolute atomic E-state index is 6.34. The van der Waals surface area contributed by atoms with Crippen molar-refractivity contribution in [3.05, 3.63) is 41.8 Å². The second-order valence-corrected chi connectivity index (χ2v) is 9.04. The summed E-state index contributed by atoms with van der Waals surface area (Å²) >= 11 is 1.76. The number of thiophene rings is 1. The molecule has 1 aliphatic carbocycles. The fourth-order valence-electron chi connectivity index (χ4n) is 5.36. The zero-order valence-corrected chi connectivity index (χ0v) is 15.4. The third-order valence-corrected chi connectivity index (χ3v) is 7.25. The molecule has 4 fully saturated rings. The minimum absolute atomic E-state index is 0.324. The number of fused-ring (bicyclic) bond motifs is 1. The van der Waals surface area contributed by atoms with Crippen molar-refractivity contribution in [2.24, 2.45) is 17.8 Å². The lowest BCUT2D eigenvalue weighted by molar-refractivity contribution is -0.0999. The molecule has 2 unspecified atom stereocenters. The Bertz CT molecular complexity index is 923. The Kier molecular flexibility index (Phi) is 3.35. The number of aromatic nitrogens is 2. The van der Waals surface area contributed by atoms with E-state index in [1.54, 1.807) is 11.3 Å². The predicted molar refractivity (Wildman–Crippen MR) is 103 cm³/mol. The van der Waals surface area contributed by atoms with Crippen LogP contribution in [0.1, 0.15) is 12.8 Å². The highest BCUT2D eigenvalue weighted by atomic mass is 32.1. The van der Waals surface area contributed by atoms with Gasteiger partial charge in [0.05, 0.1) is 5.69 Å². The first-order chi connectivity index (χ1) is 12.8. The summed E-state index contributed by atoms with van der Waals surface area (Å²) in [6.07, 6.45) is 2.97. The molecule has 3 saturated heterocycles. The predicted octanol–water partition coefficient (Wildman–Crippen LogP) is 4.08. The summed E-state index contributed by atoms with van der Waals surface area (Å²) in [4.78, 5) is 2.63. The molecule has 0 amide bonds. The second kappa shape index (κ2) is 5.76. The minimum atomic E-state index is 0.324. The molecular formula is C21H21N3OS. The molecular weight excluding hydrogens is 342 g/mol. The van der Waals surface area contributed by atoms with Crippen LogP contribution in [0.15, 0.2) is 41.8 Å². The minimum Gasteiger partial charge on any atom is -0.473 e. The van der Waals surface area contributed by atoms with E-state index < -0.39 is 0 Å². The summed E-state index contributed by atoms with van der Waals surface area (Å²) in [7, 11) is 0. The van der Waals surface area contributed by atoms with Crippen molar-refractivity contribution in [3.8, 4) is 17.1 Å². The average Bonchev–Trinajstić information content (AvgIpc) is 3.12. The first-order valence-electron chi connectivity index (χ1n) is 9.52. The molecule has 0 radical (unpaired) electrons. The highest BCUT2D eigenvalue weighted by Crippen LogP contribution is 2.44. The van der Waals surface area contributed by atoms with Crippen LogP contribution in [0.4, 0.5) is 0 Å². The molecule has 0 spiro atoms. The van der Waals surface area contributed by atoms with Gasteiger partial charge in [-0.05, 0) is 53.8 Å². The van der Waals surface area contributed by atoms with Crippen molar-refractivity contribution in [1.82, 2.24) is 15.1 Å². The number of rotatable bonds is 3. The molecule has 3 aromatic rings. The van der Waals surface area contributed by atoms with E-state index in [0.29, 0.717) is 23.8 Å². The van der Waals surface area contributed by atoms with Gasteiger partial charge in [-0.3, -0.25) is 0 Å². The van der Waals surface area contributed by atoms with Crippen LogP contribution in [0.5, 0.6) is 5.88 Å². The molecule has 2 aromatic heterocycles. The maximum Gasteiger partial charge on any atom is 0.233 e. The fourth-order valence-corrected chi connectivity index (χ4v) is 6.13. The van der Waals surface area contributed by atoms with Gasteiger partial charge in [0.15, 0.2) is 0 Å². The fraction of sp³-hybridized carbons (Fsp3) is 0.429. The first-order valence-corrected chi connectivity index (χ1v) is 10.4. The van der Waals surface area contributed by atoms with Crippen molar-refractivity contribution >= 4 is 21.4 Å². The van der Waals surface area contributed by atoms with Gasteiger partial charge < -0.3 is 9.64 Å². The third-order valence-electron chi connectivity index (χ3n) is 6.35.